The van der Waals surface area contributed by atoms with Gasteiger partial charge in [0.2, 0.25) is 0 Å². The fraction of sp³-hybridized carbons (Fsp3) is 0.727. The Kier molecular flexibility index (Phi) is 4.62. The van der Waals surface area contributed by atoms with Crippen molar-refractivity contribution < 1.29 is 9.53 Å². The summed E-state index contributed by atoms with van der Waals surface area (Å²) in [6.45, 7) is 6.61. The molecule has 17 heavy (non-hydrogen) atoms. The second kappa shape index (κ2) is 5.77. The summed E-state index contributed by atoms with van der Waals surface area (Å²) >= 11 is 0. The van der Waals surface area contributed by atoms with Crippen LogP contribution < -0.4 is 5.73 Å². The summed E-state index contributed by atoms with van der Waals surface area (Å²) in [5, 5.41) is 6.68. The van der Waals surface area contributed by atoms with Crippen LogP contribution in [0, 0.1) is 0 Å². The second-order valence-corrected chi connectivity index (χ2v) is 3.92. The Morgan fingerprint density at radius 1 is 1.41 bits per heavy atom. The highest BCUT2D eigenvalue weighted by molar-refractivity contribution is 5.84. The van der Waals surface area contributed by atoms with Crippen molar-refractivity contribution in [3.05, 3.63) is 11.6 Å². The van der Waals surface area contributed by atoms with E-state index in [1.54, 1.807) is 6.92 Å². The Bertz CT molecular complexity index is 363. The van der Waals surface area contributed by atoms with E-state index >= 15 is 0 Å². The molecule has 0 unspecified atom stereocenters. The number of nitrogens with zero attached hydrogens (tertiary/aromatic N) is 2. The molecule has 6 heteroatoms. The van der Waals surface area contributed by atoms with Crippen LogP contribution in [0.15, 0.2) is 0 Å². The minimum Gasteiger partial charge on any atom is -0.460 e. The van der Waals surface area contributed by atoms with Crippen molar-refractivity contribution >= 4 is 5.97 Å². The third kappa shape index (κ3) is 2.63. The second-order valence-electron chi connectivity index (χ2n) is 3.92. The van der Waals surface area contributed by atoms with E-state index in [-0.39, 0.29) is 11.2 Å². The molecule has 1 heterocycles. The number of H-pyrrole nitrogens is 1. The molecule has 0 aliphatic rings. The Morgan fingerprint density at radius 3 is 2.53 bits per heavy atom. The summed E-state index contributed by atoms with van der Waals surface area (Å²) < 4.78 is 4.84. The Balaban J connectivity index is 2.96. The number of carbonyl (C=O) groups excluding carboxylic acids is 1. The number of nitrogens with two attached hydrogens (primary N) is 1. The van der Waals surface area contributed by atoms with Gasteiger partial charge in [-0.1, -0.05) is 13.8 Å². The molecule has 1 rings (SSSR count). The first-order valence-electron chi connectivity index (χ1n) is 5.93. The Morgan fingerprint density at radius 2 is 2.06 bits per heavy atom. The van der Waals surface area contributed by atoms with E-state index in [0.29, 0.717) is 19.0 Å². The lowest BCUT2D eigenvalue weighted by Gasteiger charge is -2.26. The number of carbonyl (C=O) groups is 1. The van der Waals surface area contributed by atoms with Crippen molar-refractivity contribution in [1.82, 2.24) is 15.2 Å². The van der Waals surface area contributed by atoms with Crippen LogP contribution >= 0.6 is 0 Å². The lowest BCUT2D eigenvalue weighted by atomic mass is 9.82. The van der Waals surface area contributed by atoms with Crippen molar-refractivity contribution in [2.75, 3.05) is 13.2 Å². The highest BCUT2D eigenvalue weighted by Crippen LogP contribution is 2.27. The van der Waals surface area contributed by atoms with E-state index in [4.69, 9.17) is 10.5 Å². The van der Waals surface area contributed by atoms with Crippen LogP contribution in [0.2, 0.25) is 0 Å². The molecule has 0 radical (unpaired) electrons. The van der Waals surface area contributed by atoms with Crippen molar-refractivity contribution in [2.45, 2.75) is 39.0 Å². The van der Waals surface area contributed by atoms with E-state index in [2.05, 4.69) is 15.2 Å². The number of ether oxygens (including phenoxy) is 1. The standard InChI is InChI=1S/C11H20N4O2/c1-4-11(5-2,7-12)10-13-8(14-15-10)9(16)17-6-3/h4-7,12H2,1-3H3,(H,13,14,15). The maximum absolute atomic E-state index is 11.5. The molecule has 0 atom stereocenters. The summed E-state index contributed by atoms with van der Waals surface area (Å²) in [6.07, 6.45) is 1.69. The minimum absolute atomic E-state index is 0.0709. The van der Waals surface area contributed by atoms with Gasteiger partial charge in [0.15, 0.2) is 0 Å². The Labute approximate surface area is 101 Å². The number of aromatic amines is 1. The average Bonchev–Trinajstić information content (AvgIpc) is 2.83. The zero-order chi connectivity index (χ0) is 12.9. The smallest absolute Gasteiger partial charge is 0.378 e. The molecule has 1 aromatic rings. The molecule has 1 aromatic heterocycles. The van der Waals surface area contributed by atoms with Crippen LogP contribution in [-0.4, -0.2) is 34.3 Å². The van der Waals surface area contributed by atoms with E-state index in [9.17, 15) is 4.79 Å². The SMILES string of the molecule is CCOC(=O)c1n[nH]c(C(CC)(CC)CN)n1. The summed E-state index contributed by atoms with van der Waals surface area (Å²) in [7, 11) is 0. The molecule has 0 aromatic carbocycles. The lowest BCUT2D eigenvalue weighted by molar-refractivity contribution is 0.0512. The van der Waals surface area contributed by atoms with E-state index < -0.39 is 5.97 Å². The molecule has 0 spiro atoms. The first kappa shape index (κ1) is 13.6. The van der Waals surface area contributed by atoms with Crippen molar-refractivity contribution in [3.63, 3.8) is 0 Å². The topological polar surface area (TPSA) is 93.9 Å². The van der Waals surface area contributed by atoms with Crippen molar-refractivity contribution in [2.24, 2.45) is 5.73 Å². The number of esters is 1. The van der Waals surface area contributed by atoms with Gasteiger partial charge in [-0.05, 0) is 19.8 Å². The van der Waals surface area contributed by atoms with Crippen LogP contribution in [0.4, 0.5) is 0 Å². The third-order valence-electron chi connectivity index (χ3n) is 3.19. The third-order valence-corrected chi connectivity index (χ3v) is 3.19. The number of aromatic nitrogens is 3. The number of hydrogen-bond acceptors (Lipinski definition) is 5. The molecule has 0 bridgehead atoms. The van der Waals surface area contributed by atoms with Crippen LogP contribution in [-0.2, 0) is 10.2 Å². The van der Waals surface area contributed by atoms with Gasteiger partial charge < -0.3 is 10.5 Å². The molecule has 0 aliphatic carbocycles. The fourth-order valence-corrected chi connectivity index (χ4v) is 1.76. The Hall–Kier alpha value is -1.43. The van der Waals surface area contributed by atoms with Gasteiger partial charge >= 0.3 is 5.97 Å². The molecule has 0 amide bonds. The molecular formula is C11H20N4O2. The van der Waals surface area contributed by atoms with Crippen LogP contribution in [0.3, 0.4) is 0 Å². The van der Waals surface area contributed by atoms with Crippen molar-refractivity contribution in [1.29, 1.82) is 0 Å². The van der Waals surface area contributed by atoms with Gasteiger partial charge in [-0.25, -0.2) is 9.78 Å². The lowest BCUT2D eigenvalue weighted by Crippen LogP contribution is -2.35. The molecule has 0 fully saturated rings. The van der Waals surface area contributed by atoms with Crippen LogP contribution in [0.5, 0.6) is 0 Å². The van der Waals surface area contributed by atoms with Crippen molar-refractivity contribution in [3.8, 4) is 0 Å². The fourth-order valence-electron chi connectivity index (χ4n) is 1.76. The maximum atomic E-state index is 11.5. The summed E-state index contributed by atoms with van der Waals surface area (Å²) in [5.41, 5.74) is 5.56. The molecular weight excluding hydrogens is 220 g/mol. The quantitative estimate of drug-likeness (QED) is 0.723. The predicted molar refractivity (Wildman–Crippen MR) is 63.7 cm³/mol. The minimum atomic E-state index is -0.506. The molecule has 0 saturated carbocycles. The van der Waals surface area contributed by atoms with Crippen LogP contribution in [0.25, 0.3) is 0 Å². The van der Waals surface area contributed by atoms with Gasteiger partial charge in [0.1, 0.15) is 5.82 Å². The normalized spacial score (nSPS) is 11.5. The zero-order valence-corrected chi connectivity index (χ0v) is 10.6. The molecule has 96 valence electrons. The molecule has 0 saturated heterocycles. The number of hydrogen-bond donors (Lipinski definition) is 2. The van der Waals surface area contributed by atoms with Crippen LogP contribution in [0.1, 0.15) is 50.1 Å². The maximum Gasteiger partial charge on any atom is 0.378 e. The van der Waals surface area contributed by atoms with Gasteiger partial charge in [0.05, 0.1) is 6.61 Å². The van der Waals surface area contributed by atoms with Gasteiger partial charge in [-0.2, -0.15) is 0 Å². The highest BCUT2D eigenvalue weighted by atomic mass is 16.5. The van der Waals surface area contributed by atoms with Gasteiger partial charge in [0, 0.05) is 12.0 Å². The van der Waals surface area contributed by atoms with E-state index in [0.717, 1.165) is 12.8 Å². The average molecular weight is 240 g/mol. The van der Waals surface area contributed by atoms with E-state index in [1.807, 2.05) is 13.8 Å². The molecule has 3 N–H and O–H groups in total. The summed E-state index contributed by atoms with van der Waals surface area (Å²) in [6, 6.07) is 0. The zero-order valence-electron chi connectivity index (χ0n) is 10.6. The summed E-state index contributed by atoms with van der Waals surface area (Å²) in [4.78, 5) is 15.6. The summed E-state index contributed by atoms with van der Waals surface area (Å²) in [5.74, 6) is 0.225. The van der Waals surface area contributed by atoms with E-state index in [1.165, 1.54) is 0 Å². The molecule has 0 aliphatic heterocycles. The monoisotopic (exact) mass is 240 g/mol. The highest BCUT2D eigenvalue weighted by Gasteiger charge is 2.31. The largest absolute Gasteiger partial charge is 0.460 e. The predicted octanol–water partition coefficient (Wildman–Crippen LogP) is 0.998. The first-order chi connectivity index (χ1) is 8.13. The number of rotatable bonds is 6. The number of nitrogens with one attached hydrogen (secondary N) is 1. The van der Waals surface area contributed by atoms with Gasteiger partial charge in [0.25, 0.3) is 5.82 Å². The van der Waals surface area contributed by atoms with Gasteiger partial charge in [-0.15, -0.1) is 5.10 Å². The van der Waals surface area contributed by atoms with Gasteiger partial charge in [-0.3, -0.25) is 5.10 Å². The molecule has 6 nitrogen and oxygen atoms in total. The first-order valence-corrected chi connectivity index (χ1v) is 5.93.